The number of ether oxygens (including phenoxy) is 2. The van der Waals surface area contributed by atoms with E-state index >= 15 is 0 Å². The van der Waals surface area contributed by atoms with Gasteiger partial charge in [-0.15, -0.1) is 0 Å². The highest BCUT2D eigenvalue weighted by molar-refractivity contribution is 6.30. The number of nitrogens with two attached hydrogens (primary N) is 1. The van der Waals surface area contributed by atoms with Crippen molar-refractivity contribution in [3.8, 4) is 0 Å². The van der Waals surface area contributed by atoms with E-state index in [-0.39, 0.29) is 22.8 Å². The van der Waals surface area contributed by atoms with Crippen LogP contribution in [-0.4, -0.2) is 12.4 Å². The fraction of sp³-hybridized carbons (Fsp3) is 0.267. The quantitative estimate of drug-likeness (QED) is 0.527. The average Bonchev–Trinajstić information content (AvgIpc) is 2.73. The molecule has 0 amide bonds. The van der Waals surface area contributed by atoms with Gasteiger partial charge in [-0.25, -0.2) is 0 Å². The molecule has 1 aromatic carbocycles. The minimum atomic E-state index is -4.50. The zero-order valence-electron chi connectivity index (χ0n) is 11.7. The highest BCUT2D eigenvalue weighted by Gasteiger charge is 2.34. The number of rotatable bonds is 4. The first-order valence-electron chi connectivity index (χ1n) is 6.56. The van der Waals surface area contributed by atoms with Gasteiger partial charge in [0.2, 0.25) is 17.4 Å². The zero-order chi connectivity index (χ0) is 16.3. The summed E-state index contributed by atoms with van der Waals surface area (Å²) in [6.07, 6.45) is -2.64. The second kappa shape index (κ2) is 6.13. The van der Waals surface area contributed by atoms with Crippen molar-refractivity contribution in [1.82, 2.24) is 0 Å². The van der Waals surface area contributed by atoms with Gasteiger partial charge in [-0.1, -0.05) is 19.1 Å². The van der Waals surface area contributed by atoms with Crippen LogP contribution >= 0.6 is 0 Å². The molecule has 0 bridgehead atoms. The van der Waals surface area contributed by atoms with Gasteiger partial charge >= 0.3 is 6.18 Å². The lowest BCUT2D eigenvalue weighted by Gasteiger charge is -2.08. The predicted octanol–water partition coefficient (Wildman–Crippen LogP) is 3.20. The van der Waals surface area contributed by atoms with E-state index < -0.39 is 17.5 Å². The third-order valence-corrected chi connectivity index (χ3v) is 2.91. The number of allylic oxidation sites excluding steroid dienone is 1. The molecule has 0 fully saturated rings. The number of benzene rings is 1. The van der Waals surface area contributed by atoms with Crippen molar-refractivity contribution in [2.24, 2.45) is 5.73 Å². The van der Waals surface area contributed by atoms with Crippen LogP contribution in [0.2, 0.25) is 0 Å². The summed E-state index contributed by atoms with van der Waals surface area (Å²) in [5.74, 6) is -0.984. The normalized spacial score (nSPS) is 17.1. The van der Waals surface area contributed by atoms with Crippen LogP contribution in [0.15, 0.2) is 42.2 Å². The fourth-order valence-corrected chi connectivity index (χ4v) is 1.91. The third kappa shape index (κ3) is 3.24. The Kier molecular flexibility index (Phi) is 4.44. The molecule has 22 heavy (non-hydrogen) atoms. The van der Waals surface area contributed by atoms with Crippen LogP contribution < -0.4 is 5.73 Å². The highest BCUT2D eigenvalue weighted by Crippen LogP contribution is 2.34. The van der Waals surface area contributed by atoms with Crippen LogP contribution in [0.25, 0.3) is 5.57 Å². The highest BCUT2D eigenvalue weighted by atomic mass is 19.4. The number of Topliss-reactive ketones (excluding diaryl/α,β-unsaturated/α-hetero) is 1. The third-order valence-electron chi connectivity index (χ3n) is 2.91. The Morgan fingerprint density at radius 2 is 2.09 bits per heavy atom. The molecule has 0 saturated heterocycles. The summed E-state index contributed by atoms with van der Waals surface area (Å²) in [5.41, 5.74) is 4.70. The Balaban J connectivity index is 2.31. The average molecular weight is 313 g/mol. The van der Waals surface area contributed by atoms with Gasteiger partial charge in [-0.2, -0.15) is 13.2 Å². The summed E-state index contributed by atoms with van der Waals surface area (Å²) in [6, 6.07) is 4.36. The summed E-state index contributed by atoms with van der Waals surface area (Å²) in [7, 11) is 0. The second-order valence-electron chi connectivity index (χ2n) is 4.60. The second-order valence-corrected chi connectivity index (χ2v) is 4.60. The van der Waals surface area contributed by atoms with Crippen molar-refractivity contribution in [2.45, 2.75) is 19.5 Å². The molecule has 0 aromatic heterocycles. The molecule has 1 aliphatic rings. The monoisotopic (exact) mass is 313 g/mol. The molecule has 2 N–H and O–H groups in total. The number of hydrogen-bond donors (Lipinski definition) is 1. The van der Waals surface area contributed by atoms with Crippen molar-refractivity contribution in [3.63, 3.8) is 0 Å². The Morgan fingerprint density at radius 3 is 2.73 bits per heavy atom. The summed E-state index contributed by atoms with van der Waals surface area (Å²) >= 11 is 0. The Labute approximate surface area is 125 Å². The molecule has 0 radical (unpaired) electrons. The smallest absolute Gasteiger partial charge is 0.416 e. The summed E-state index contributed by atoms with van der Waals surface area (Å²) in [6.45, 7) is 2.27. The number of halogens is 3. The zero-order valence-corrected chi connectivity index (χ0v) is 11.7. The molecule has 1 heterocycles. The number of carbonyl (C=O) groups is 1. The van der Waals surface area contributed by atoms with Gasteiger partial charge in [0, 0.05) is 0 Å². The standard InChI is InChI=1S/C15H14F3NO3/c1-2-6-21-8-11-13(20)12(14(19)22-11)9-4-3-5-10(7-9)15(16,17)18/h3-5,7-8H,2,6,19H2,1H3/b11-8+. The number of hydrogen-bond acceptors (Lipinski definition) is 4. The fourth-order valence-electron chi connectivity index (χ4n) is 1.91. The predicted molar refractivity (Wildman–Crippen MR) is 73.0 cm³/mol. The lowest BCUT2D eigenvalue weighted by atomic mass is 10.0. The van der Waals surface area contributed by atoms with E-state index in [1.807, 2.05) is 6.92 Å². The first-order chi connectivity index (χ1) is 10.3. The van der Waals surface area contributed by atoms with Crippen LogP contribution in [0.3, 0.4) is 0 Å². The summed E-state index contributed by atoms with van der Waals surface area (Å²) in [4.78, 5) is 12.2. The van der Waals surface area contributed by atoms with Gasteiger partial charge < -0.3 is 15.2 Å². The molecule has 0 saturated carbocycles. The van der Waals surface area contributed by atoms with Crippen molar-refractivity contribution < 1.29 is 27.4 Å². The topological polar surface area (TPSA) is 61.6 Å². The first-order valence-corrected chi connectivity index (χ1v) is 6.56. The molecule has 0 spiro atoms. The molecule has 4 nitrogen and oxygen atoms in total. The molecule has 0 atom stereocenters. The summed E-state index contributed by atoms with van der Waals surface area (Å²) in [5, 5.41) is 0. The van der Waals surface area contributed by atoms with Crippen LogP contribution in [0.5, 0.6) is 0 Å². The molecular formula is C15H14F3NO3. The van der Waals surface area contributed by atoms with E-state index in [1.54, 1.807) is 0 Å². The maximum Gasteiger partial charge on any atom is 0.416 e. The maximum atomic E-state index is 12.7. The van der Waals surface area contributed by atoms with E-state index in [0.29, 0.717) is 6.61 Å². The van der Waals surface area contributed by atoms with Crippen molar-refractivity contribution >= 4 is 11.4 Å². The van der Waals surface area contributed by atoms with E-state index in [4.69, 9.17) is 15.2 Å². The van der Waals surface area contributed by atoms with Crippen LogP contribution in [0.1, 0.15) is 24.5 Å². The van der Waals surface area contributed by atoms with Gasteiger partial charge in [0.1, 0.15) is 6.26 Å². The van der Waals surface area contributed by atoms with Gasteiger partial charge in [-0.3, -0.25) is 4.79 Å². The van der Waals surface area contributed by atoms with E-state index in [1.165, 1.54) is 12.1 Å². The molecule has 0 aliphatic carbocycles. The Bertz CT molecular complexity index is 648. The van der Waals surface area contributed by atoms with Crippen molar-refractivity contribution in [3.05, 3.63) is 53.3 Å². The van der Waals surface area contributed by atoms with Gasteiger partial charge in [0.05, 0.1) is 17.7 Å². The van der Waals surface area contributed by atoms with Gasteiger partial charge in [0.25, 0.3) is 0 Å². The first kappa shape index (κ1) is 15.9. The largest absolute Gasteiger partial charge is 0.497 e. The summed E-state index contributed by atoms with van der Waals surface area (Å²) < 4.78 is 48.4. The maximum absolute atomic E-state index is 12.7. The number of alkyl halides is 3. The van der Waals surface area contributed by atoms with Crippen LogP contribution in [0, 0.1) is 0 Å². The molecule has 7 heteroatoms. The molecule has 118 valence electrons. The van der Waals surface area contributed by atoms with Gasteiger partial charge in [-0.05, 0) is 24.1 Å². The Morgan fingerprint density at radius 1 is 1.36 bits per heavy atom. The SMILES string of the molecule is CCCO/C=C1/OC(N)=C(c2cccc(C(F)(F)F)c2)C1=O. The molecule has 1 aliphatic heterocycles. The van der Waals surface area contributed by atoms with Crippen LogP contribution in [0.4, 0.5) is 13.2 Å². The minimum absolute atomic E-state index is 0.0521. The van der Waals surface area contributed by atoms with Crippen LogP contribution in [-0.2, 0) is 20.4 Å². The molecule has 2 rings (SSSR count). The van der Waals surface area contributed by atoms with Crippen molar-refractivity contribution in [1.29, 1.82) is 0 Å². The number of carbonyl (C=O) groups excluding carboxylic acids is 1. The van der Waals surface area contributed by atoms with E-state index in [9.17, 15) is 18.0 Å². The minimum Gasteiger partial charge on any atom is -0.497 e. The van der Waals surface area contributed by atoms with Crippen molar-refractivity contribution in [2.75, 3.05) is 6.61 Å². The molecular weight excluding hydrogens is 299 g/mol. The Hall–Kier alpha value is -2.44. The molecule has 1 aromatic rings. The number of ketones is 1. The lowest BCUT2D eigenvalue weighted by Crippen LogP contribution is -2.07. The van der Waals surface area contributed by atoms with E-state index in [2.05, 4.69) is 0 Å². The van der Waals surface area contributed by atoms with Gasteiger partial charge in [0.15, 0.2) is 0 Å². The molecule has 0 unspecified atom stereocenters. The lowest BCUT2D eigenvalue weighted by molar-refractivity contribution is -0.137. The van der Waals surface area contributed by atoms with E-state index in [0.717, 1.165) is 24.8 Å².